The monoisotopic (exact) mass is 292 g/mol. The number of carboxylic acid groups (broad SMARTS) is 1. The number of benzene rings is 1. The van der Waals surface area contributed by atoms with Gasteiger partial charge in [0.05, 0.1) is 5.56 Å². The summed E-state index contributed by atoms with van der Waals surface area (Å²) in [5.41, 5.74) is 0.357. The minimum Gasteiger partial charge on any atom is -0.480 e. The second-order valence-electron chi connectivity index (χ2n) is 5.02. The summed E-state index contributed by atoms with van der Waals surface area (Å²) < 4.78 is 5.72. The standard InChI is InChI=1S/C15H20N2O4/c18-14(19)10-16-15(20)12-6-2-3-7-13(12)21-11-17-8-4-1-5-9-17/h2-3,6-7H,1,4-5,8-11H2,(H,16,20)(H,18,19). The molecule has 0 spiro atoms. The van der Waals surface area contributed by atoms with E-state index in [-0.39, 0.29) is 0 Å². The van der Waals surface area contributed by atoms with Crippen LogP contribution in [0.2, 0.25) is 0 Å². The first-order valence-corrected chi connectivity index (χ1v) is 7.11. The summed E-state index contributed by atoms with van der Waals surface area (Å²) in [6.45, 7) is 2.06. The second kappa shape index (κ2) is 7.64. The molecule has 1 saturated heterocycles. The Kier molecular flexibility index (Phi) is 5.57. The maximum absolute atomic E-state index is 12.0. The third-order valence-corrected chi connectivity index (χ3v) is 3.38. The van der Waals surface area contributed by atoms with Crippen molar-refractivity contribution >= 4 is 11.9 Å². The molecule has 2 rings (SSSR count). The molecule has 6 nitrogen and oxygen atoms in total. The van der Waals surface area contributed by atoms with Crippen LogP contribution >= 0.6 is 0 Å². The van der Waals surface area contributed by atoms with Crippen molar-refractivity contribution in [1.29, 1.82) is 0 Å². The van der Waals surface area contributed by atoms with E-state index in [2.05, 4.69) is 10.2 Å². The zero-order valence-electron chi connectivity index (χ0n) is 11.9. The molecular formula is C15H20N2O4. The molecule has 0 unspecified atom stereocenters. The predicted molar refractivity (Wildman–Crippen MR) is 77.3 cm³/mol. The highest BCUT2D eigenvalue weighted by Crippen LogP contribution is 2.19. The quantitative estimate of drug-likeness (QED) is 0.827. The predicted octanol–water partition coefficient (Wildman–Crippen LogP) is 1.32. The molecule has 114 valence electrons. The van der Waals surface area contributed by atoms with E-state index in [1.165, 1.54) is 19.3 Å². The summed E-state index contributed by atoms with van der Waals surface area (Å²) in [5, 5.41) is 10.9. The fourth-order valence-electron chi connectivity index (χ4n) is 2.28. The molecule has 21 heavy (non-hydrogen) atoms. The van der Waals surface area contributed by atoms with Crippen molar-refractivity contribution in [3.8, 4) is 5.75 Å². The van der Waals surface area contributed by atoms with Gasteiger partial charge in [-0.05, 0) is 25.0 Å². The van der Waals surface area contributed by atoms with Crippen LogP contribution in [0.15, 0.2) is 24.3 Å². The lowest BCUT2D eigenvalue weighted by Gasteiger charge is -2.26. The van der Waals surface area contributed by atoms with Crippen LogP contribution in [-0.4, -0.2) is 48.2 Å². The van der Waals surface area contributed by atoms with Gasteiger partial charge in [-0.25, -0.2) is 0 Å². The summed E-state index contributed by atoms with van der Waals surface area (Å²) in [5.74, 6) is -1.03. The number of carbonyl (C=O) groups is 2. The molecule has 1 aliphatic rings. The normalized spacial score (nSPS) is 15.4. The minimum atomic E-state index is -1.07. The first-order chi connectivity index (χ1) is 10.2. The van der Waals surface area contributed by atoms with Gasteiger partial charge >= 0.3 is 5.97 Å². The maximum Gasteiger partial charge on any atom is 0.322 e. The van der Waals surface area contributed by atoms with Crippen LogP contribution in [0.25, 0.3) is 0 Å². The molecule has 0 bridgehead atoms. The van der Waals surface area contributed by atoms with E-state index in [0.717, 1.165) is 13.1 Å². The summed E-state index contributed by atoms with van der Waals surface area (Å²) in [6.07, 6.45) is 3.60. The number of amides is 1. The van der Waals surface area contributed by atoms with Crippen LogP contribution in [0.4, 0.5) is 0 Å². The molecule has 0 aromatic heterocycles. The third-order valence-electron chi connectivity index (χ3n) is 3.38. The van der Waals surface area contributed by atoms with Gasteiger partial charge in [0.2, 0.25) is 0 Å². The van der Waals surface area contributed by atoms with E-state index in [1.54, 1.807) is 24.3 Å². The molecule has 6 heteroatoms. The zero-order valence-corrected chi connectivity index (χ0v) is 11.9. The number of likely N-dealkylation sites (tertiary alicyclic amines) is 1. The lowest BCUT2D eigenvalue weighted by molar-refractivity contribution is -0.135. The van der Waals surface area contributed by atoms with Crippen molar-refractivity contribution in [3.05, 3.63) is 29.8 Å². The highest BCUT2D eigenvalue weighted by atomic mass is 16.5. The number of carbonyl (C=O) groups excluding carboxylic acids is 1. The van der Waals surface area contributed by atoms with Gasteiger partial charge in [0.25, 0.3) is 5.91 Å². The van der Waals surface area contributed by atoms with Gasteiger partial charge in [0.1, 0.15) is 19.0 Å². The van der Waals surface area contributed by atoms with Crippen molar-refractivity contribution in [2.75, 3.05) is 26.4 Å². The van der Waals surface area contributed by atoms with Crippen molar-refractivity contribution in [2.24, 2.45) is 0 Å². The maximum atomic E-state index is 12.0. The van der Waals surface area contributed by atoms with Gasteiger partial charge in [0.15, 0.2) is 0 Å². The van der Waals surface area contributed by atoms with Crippen LogP contribution in [0.1, 0.15) is 29.6 Å². The Hall–Kier alpha value is -2.08. The lowest BCUT2D eigenvalue weighted by Crippen LogP contribution is -2.34. The average Bonchev–Trinajstić information content (AvgIpc) is 2.52. The van der Waals surface area contributed by atoms with E-state index in [0.29, 0.717) is 18.0 Å². The Bertz CT molecular complexity index is 498. The van der Waals surface area contributed by atoms with Gasteiger partial charge < -0.3 is 15.2 Å². The van der Waals surface area contributed by atoms with Crippen molar-refractivity contribution < 1.29 is 19.4 Å². The van der Waals surface area contributed by atoms with Crippen molar-refractivity contribution in [1.82, 2.24) is 10.2 Å². The van der Waals surface area contributed by atoms with Crippen molar-refractivity contribution in [2.45, 2.75) is 19.3 Å². The number of piperidine rings is 1. The van der Waals surface area contributed by atoms with Gasteiger partial charge in [-0.15, -0.1) is 0 Å². The van der Waals surface area contributed by atoms with Crippen molar-refractivity contribution in [3.63, 3.8) is 0 Å². The summed E-state index contributed by atoms with van der Waals surface area (Å²) in [7, 11) is 0. The largest absolute Gasteiger partial charge is 0.480 e. The highest BCUT2D eigenvalue weighted by Gasteiger charge is 2.15. The highest BCUT2D eigenvalue weighted by molar-refractivity contribution is 5.98. The molecule has 1 aromatic carbocycles. The second-order valence-corrected chi connectivity index (χ2v) is 5.02. The van der Waals surface area contributed by atoms with Crippen LogP contribution < -0.4 is 10.1 Å². The van der Waals surface area contributed by atoms with Gasteiger partial charge in [0, 0.05) is 13.1 Å². The van der Waals surface area contributed by atoms with Gasteiger partial charge in [-0.3, -0.25) is 14.5 Å². The number of ether oxygens (including phenoxy) is 1. The fourth-order valence-corrected chi connectivity index (χ4v) is 2.28. The topological polar surface area (TPSA) is 78.9 Å². The molecule has 0 radical (unpaired) electrons. The number of aliphatic carboxylic acids is 1. The SMILES string of the molecule is O=C(O)CNC(=O)c1ccccc1OCN1CCCCC1. The van der Waals surface area contributed by atoms with E-state index >= 15 is 0 Å². The number of rotatable bonds is 6. The van der Waals surface area contributed by atoms with E-state index in [4.69, 9.17) is 9.84 Å². The van der Waals surface area contributed by atoms with Crippen LogP contribution in [0.3, 0.4) is 0 Å². The molecule has 2 N–H and O–H groups in total. The number of carboxylic acids is 1. The summed E-state index contributed by atoms with van der Waals surface area (Å²) in [4.78, 5) is 24.7. The molecule has 0 saturated carbocycles. The number of hydrogen-bond acceptors (Lipinski definition) is 4. The van der Waals surface area contributed by atoms with Gasteiger partial charge in [-0.2, -0.15) is 0 Å². The Morgan fingerprint density at radius 3 is 2.62 bits per heavy atom. The Morgan fingerprint density at radius 2 is 1.90 bits per heavy atom. The molecule has 1 aromatic rings. The van der Waals surface area contributed by atoms with Gasteiger partial charge in [-0.1, -0.05) is 18.6 Å². The molecular weight excluding hydrogens is 272 g/mol. The number of para-hydroxylation sites is 1. The summed E-state index contributed by atoms with van der Waals surface area (Å²) >= 11 is 0. The molecule has 0 aliphatic carbocycles. The first-order valence-electron chi connectivity index (χ1n) is 7.11. The lowest BCUT2D eigenvalue weighted by atomic mass is 10.1. The Labute approximate surface area is 123 Å². The Morgan fingerprint density at radius 1 is 1.19 bits per heavy atom. The molecule has 1 amide bonds. The van der Waals surface area contributed by atoms with Crippen LogP contribution in [0, 0.1) is 0 Å². The average molecular weight is 292 g/mol. The third kappa shape index (κ3) is 4.75. The minimum absolute atomic E-state index is 0.357. The Balaban J connectivity index is 1.95. The molecule has 1 fully saturated rings. The first kappa shape index (κ1) is 15.3. The zero-order chi connectivity index (χ0) is 15.1. The molecule has 1 aliphatic heterocycles. The molecule has 1 heterocycles. The fraction of sp³-hybridized carbons (Fsp3) is 0.467. The number of nitrogens with one attached hydrogen (secondary N) is 1. The van der Waals surface area contributed by atoms with E-state index < -0.39 is 18.4 Å². The van der Waals surface area contributed by atoms with E-state index in [1.807, 2.05) is 0 Å². The van der Waals surface area contributed by atoms with E-state index in [9.17, 15) is 9.59 Å². The smallest absolute Gasteiger partial charge is 0.322 e. The molecule has 0 atom stereocenters. The summed E-state index contributed by atoms with van der Waals surface area (Å²) in [6, 6.07) is 6.87. The number of nitrogens with zero attached hydrogens (tertiary/aromatic N) is 1. The van der Waals surface area contributed by atoms with Crippen LogP contribution in [0.5, 0.6) is 5.75 Å². The van der Waals surface area contributed by atoms with Crippen LogP contribution in [-0.2, 0) is 4.79 Å². The number of hydrogen-bond donors (Lipinski definition) is 2.